The molecule has 2 N–H and O–H groups in total. The normalized spacial score (nSPS) is 14.3. The summed E-state index contributed by atoms with van der Waals surface area (Å²) in [5, 5.41) is 2.98. The van der Waals surface area contributed by atoms with Crippen molar-refractivity contribution >= 4 is 44.4 Å². The van der Waals surface area contributed by atoms with E-state index in [-0.39, 0.29) is 23.4 Å². The number of benzene rings is 4. The van der Waals surface area contributed by atoms with Gasteiger partial charge in [0, 0.05) is 11.1 Å². The molecule has 0 unspecified atom stereocenters. The summed E-state index contributed by atoms with van der Waals surface area (Å²) in [6.07, 6.45) is -0.740. The molecule has 4 aromatic carbocycles. The summed E-state index contributed by atoms with van der Waals surface area (Å²) in [6.45, 7) is -0.563. The third kappa shape index (κ3) is 5.16. The van der Waals surface area contributed by atoms with Gasteiger partial charge in [-0.2, -0.15) is 8.42 Å². The number of amides is 2. The molecular weight excluding hydrogens is 501 g/mol. The molecule has 0 bridgehead atoms. The van der Waals surface area contributed by atoms with Crippen molar-refractivity contribution in [1.29, 1.82) is 0 Å². The van der Waals surface area contributed by atoms with Gasteiger partial charge in [-0.05, 0) is 47.3 Å². The molecule has 5 rings (SSSR count). The number of carbonyl (C=O) groups excluding carboxylic acids is 2. The van der Waals surface area contributed by atoms with Gasteiger partial charge < -0.3 is 9.47 Å². The van der Waals surface area contributed by atoms with Crippen molar-refractivity contribution in [3.05, 3.63) is 96.3 Å². The van der Waals surface area contributed by atoms with Gasteiger partial charge in [0.25, 0.3) is 5.91 Å². The third-order valence-electron chi connectivity index (χ3n) is 5.52. The Hall–Kier alpha value is -4.64. The average molecular weight is 522 g/mol. The van der Waals surface area contributed by atoms with Gasteiger partial charge in [-0.25, -0.2) is 18.2 Å². The van der Waals surface area contributed by atoms with Crippen molar-refractivity contribution < 1.29 is 31.9 Å². The number of hydrogen-bond donors (Lipinski definition) is 2. The van der Waals surface area contributed by atoms with Crippen LogP contribution in [0, 0.1) is 5.82 Å². The molecule has 4 aromatic rings. The Balaban J connectivity index is 1.51. The van der Waals surface area contributed by atoms with Crippen LogP contribution in [0.25, 0.3) is 10.8 Å². The molecular formula is C26H20FN3O6S. The van der Waals surface area contributed by atoms with Crippen molar-refractivity contribution in [2.75, 3.05) is 16.2 Å². The summed E-state index contributed by atoms with van der Waals surface area (Å²) in [7, 11) is -4.30. The Kier molecular flexibility index (Phi) is 6.36. The van der Waals surface area contributed by atoms with Crippen LogP contribution in [0.4, 0.5) is 20.6 Å². The van der Waals surface area contributed by atoms with Crippen LogP contribution in [0.5, 0.6) is 11.5 Å². The predicted octanol–water partition coefficient (Wildman–Crippen LogP) is 4.35. The lowest BCUT2D eigenvalue weighted by molar-refractivity contribution is -0.117. The minimum atomic E-state index is -4.30. The summed E-state index contributed by atoms with van der Waals surface area (Å²) in [5.41, 5.74) is 0.706. The van der Waals surface area contributed by atoms with E-state index in [2.05, 4.69) is 5.32 Å². The van der Waals surface area contributed by atoms with Crippen LogP contribution in [0.1, 0.15) is 5.56 Å². The summed E-state index contributed by atoms with van der Waals surface area (Å²) < 4.78 is 54.4. The van der Waals surface area contributed by atoms with Crippen molar-refractivity contribution in [2.45, 2.75) is 6.61 Å². The van der Waals surface area contributed by atoms with E-state index in [1.165, 1.54) is 24.3 Å². The van der Waals surface area contributed by atoms with Crippen molar-refractivity contribution in [3.8, 4) is 11.5 Å². The number of carbonyl (C=O) groups is 2. The van der Waals surface area contributed by atoms with Gasteiger partial charge in [0.2, 0.25) is 0 Å². The van der Waals surface area contributed by atoms with Gasteiger partial charge in [0.05, 0.1) is 0 Å². The van der Waals surface area contributed by atoms with Crippen LogP contribution < -0.4 is 23.8 Å². The number of para-hydroxylation sites is 1. The number of rotatable bonds is 6. The lowest BCUT2D eigenvalue weighted by Crippen LogP contribution is -2.30. The first kappa shape index (κ1) is 24.1. The van der Waals surface area contributed by atoms with E-state index in [4.69, 9.17) is 9.47 Å². The molecule has 37 heavy (non-hydrogen) atoms. The molecule has 1 saturated heterocycles. The molecule has 11 heteroatoms. The Morgan fingerprint density at radius 1 is 1.00 bits per heavy atom. The van der Waals surface area contributed by atoms with Crippen LogP contribution in [-0.4, -0.2) is 27.0 Å². The molecule has 0 spiro atoms. The number of nitrogens with one attached hydrogen (secondary N) is 2. The molecule has 0 aliphatic carbocycles. The number of nitrogens with zero attached hydrogens (tertiary/aromatic N) is 1. The summed E-state index contributed by atoms with van der Waals surface area (Å²) >= 11 is 0. The zero-order chi connectivity index (χ0) is 26.0. The maximum absolute atomic E-state index is 15.8. The Morgan fingerprint density at radius 2 is 1.70 bits per heavy atom. The SMILES string of the molecule is O=C1CN(c2c(OCc3ccccc3)cc3cc(NC(=O)Oc4ccccc4)ccc3c2F)S(=O)(=O)N1. The van der Waals surface area contributed by atoms with Crippen LogP contribution >= 0.6 is 0 Å². The van der Waals surface area contributed by atoms with E-state index >= 15 is 4.39 Å². The fourth-order valence-corrected chi connectivity index (χ4v) is 5.03. The molecule has 1 heterocycles. The Labute approximate surface area is 211 Å². The molecule has 1 aliphatic heterocycles. The topological polar surface area (TPSA) is 114 Å². The summed E-state index contributed by atoms with van der Waals surface area (Å²) in [6, 6.07) is 23.3. The third-order valence-corrected chi connectivity index (χ3v) is 6.90. The first-order chi connectivity index (χ1) is 17.8. The summed E-state index contributed by atoms with van der Waals surface area (Å²) in [5.74, 6) is -1.41. The molecule has 0 atom stereocenters. The van der Waals surface area contributed by atoms with Crippen LogP contribution in [0.3, 0.4) is 0 Å². The van der Waals surface area contributed by atoms with Crippen LogP contribution in [-0.2, 0) is 21.6 Å². The first-order valence-electron chi connectivity index (χ1n) is 11.1. The molecule has 0 aromatic heterocycles. The van der Waals surface area contributed by atoms with Crippen LogP contribution in [0.15, 0.2) is 84.9 Å². The van der Waals surface area contributed by atoms with E-state index in [1.54, 1.807) is 54.6 Å². The second-order valence-electron chi connectivity index (χ2n) is 8.11. The second kappa shape index (κ2) is 9.78. The van der Waals surface area contributed by atoms with Gasteiger partial charge in [-0.15, -0.1) is 0 Å². The fourth-order valence-electron chi connectivity index (χ4n) is 3.87. The molecule has 1 fully saturated rings. The molecule has 0 radical (unpaired) electrons. The van der Waals surface area contributed by atoms with E-state index in [9.17, 15) is 18.0 Å². The number of hydrogen-bond acceptors (Lipinski definition) is 6. The van der Waals surface area contributed by atoms with Crippen molar-refractivity contribution in [3.63, 3.8) is 0 Å². The molecule has 9 nitrogen and oxygen atoms in total. The second-order valence-corrected chi connectivity index (χ2v) is 9.71. The highest BCUT2D eigenvalue weighted by molar-refractivity contribution is 7.92. The van der Waals surface area contributed by atoms with Crippen molar-refractivity contribution in [1.82, 2.24) is 4.72 Å². The fraction of sp³-hybridized carbons (Fsp3) is 0.0769. The highest BCUT2D eigenvalue weighted by atomic mass is 32.2. The standard InChI is InChI=1S/C26H20FN3O6S/c27-24-21-12-11-19(28-26(32)36-20-9-5-2-6-10-20)13-18(21)14-22(35-16-17-7-3-1-4-8-17)25(24)30-15-23(31)29-37(30,33)34/h1-14H,15-16H2,(H,28,32)(H,29,31). The first-order valence-corrected chi connectivity index (χ1v) is 12.5. The van der Waals surface area contributed by atoms with Gasteiger partial charge in [-0.1, -0.05) is 48.5 Å². The largest absolute Gasteiger partial charge is 0.487 e. The quantitative estimate of drug-likeness (QED) is 0.390. The van der Waals surface area contributed by atoms with E-state index < -0.39 is 34.6 Å². The minimum Gasteiger partial charge on any atom is -0.487 e. The van der Waals surface area contributed by atoms with Gasteiger partial charge in [0.15, 0.2) is 5.82 Å². The number of ether oxygens (including phenoxy) is 2. The minimum absolute atomic E-state index is 0.0232. The number of anilines is 2. The predicted molar refractivity (Wildman–Crippen MR) is 135 cm³/mol. The Bertz CT molecular complexity index is 1600. The highest BCUT2D eigenvalue weighted by Crippen LogP contribution is 2.40. The number of halogens is 1. The van der Waals surface area contributed by atoms with E-state index in [0.717, 1.165) is 5.56 Å². The molecule has 1 aliphatic rings. The van der Waals surface area contributed by atoms with Gasteiger partial charge >= 0.3 is 16.3 Å². The molecule has 0 saturated carbocycles. The maximum atomic E-state index is 15.8. The number of fused-ring (bicyclic) bond motifs is 1. The smallest absolute Gasteiger partial charge is 0.417 e. The lowest BCUT2D eigenvalue weighted by Gasteiger charge is -2.21. The monoisotopic (exact) mass is 521 g/mol. The van der Waals surface area contributed by atoms with Crippen LogP contribution in [0.2, 0.25) is 0 Å². The molecule has 2 amide bonds. The highest BCUT2D eigenvalue weighted by Gasteiger charge is 2.38. The van der Waals surface area contributed by atoms with Gasteiger partial charge in [0.1, 0.15) is 30.3 Å². The average Bonchev–Trinajstić information content (AvgIpc) is 3.15. The Morgan fingerprint density at radius 3 is 2.38 bits per heavy atom. The molecule has 188 valence electrons. The zero-order valence-corrected chi connectivity index (χ0v) is 20.0. The lowest BCUT2D eigenvalue weighted by atomic mass is 10.1. The maximum Gasteiger partial charge on any atom is 0.417 e. The van der Waals surface area contributed by atoms with Gasteiger partial charge in [-0.3, -0.25) is 10.1 Å². The summed E-state index contributed by atoms with van der Waals surface area (Å²) in [4.78, 5) is 24.1. The van der Waals surface area contributed by atoms with E-state index in [0.29, 0.717) is 21.1 Å². The van der Waals surface area contributed by atoms with E-state index in [1.807, 2.05) is 10.8 Å². The zero-order valence-electron chi connectivity index (χ0n) is 19.2. The van der Waals surface area contributed by atoms with Crippen molar-refractivity contribution in [2.24, 2.45) is 0 Å².